The average Bonchev–Trinajstić information content (AvgIpc) is 2.93. The van der Waals surface area contributed by atoms with Gasteiger partial charge in [0.1, 0.15) is 5.82 Å². The fourth-order valence-corrected chi connectivity index (χ4v) is 4.51. The lowest BCUT2D eigenvalue weighted by atomic mass is 10.1. The number of benzene rings is 1. The molecule has 2 rings (SSSR count). The number of rotatable bonds is 8. The fourth-order valence-electron chi connectivity index (χ4n) is 2.84. The number of hydrogen-bond acceptors (Lipinski definition) is 4. The molecule has 1 amide bonds. The second kappa shape index (κ2) is 10.2. The molecule has 1 heterocycles. The monoisotopic (exact) mass is 398 g/mol. The van der Waals surface area contributed by atoms with Crippen LogP contribution < -0.4 is 16.0 Å². The first-order chi connectivity index (χ1) is 12.9. The smallest absolute Gasteiger partial charge is 0.222 e. The predicted molar refractivity (Wildman–Crippen MR) is 104 cm³/mol. The van der Waals surface area contributed by atoms with Gasteiger partial charge in [0.15, 0.2) is 15.8 Å². The third-order valence-electron chi connectivity index (χ3n) is 4.15. The van der Waals surface area contributed by atoms with Crippen LogP contribution in [0.1, 0.15) is 25.3 Å². The molecule has 0 spiro atoms. The molecule has 0 bridgehead atoms. The zero-order chi connectivity index (χ0) is 19.7. The van der Waals surface area contributed by atoms with Gasteiger partial charge in [-0.3, -0.25) is 9.79 Å². The maximum atomic E-state index is 13.2. The molecular weight excluding hydrogens is 371 g/mol. The zero-order valence-electron chi connectivity index (χ0n) is 15.5. The van der Waals surface area contributed by atoms with Gasteiger partial charge in [-0.25, -0.2) is 12.8 Å². The number of halogens is 1. The highest BCUT2D eigenvalue weighted by Gasteiger charge is 2.28. The summed E-state index contributed by atoms with van der Waals surface area (Å²) in [5, 5.41) is 8.99. The fraction of sp³-hybridized carbons (Fsp3) is 0.556. The summed E-state index contributed by atoms with van der Waals surface area (Å²) in [6.07, 6.45) is 1.32. The van der Waals surface area contributed by atoms with Gasteiger partial charge in [-0.2, -0.15) is 0 Å². The molecule has 27 heavy (non-hydrogen) atoms. The maximum absolute atomic E-state index is 13.2. The molecule has 0 aliphatic carbocycles. The van der Waals surface area contributed by atoms with Crippen LogP contribution in [0.2, 0.25) is 0 Å². The van der Waals surface area contributed by atoms with Crippen molar-refractivity contribution >= 4 is 21.7 Å². The van der Waals surface area contributed by atoms with E-state index in [4.69, 9.17) is 0 Å². The van der Waals surface area contributed by atoms with Crippen molar-refractivity contribution in [1.29, 1.82) is 0 Å². The number of guanidine groups is 1. The van der Waals surface area contributed by atoms with E-state index >= 15 is 0 Å². The third-order valence-corrected chi connectivity index (χ3v) is 5.91. The largest absolute Gasteiger partial charge is 0.357 e. The molecule has 1 aliphatic heterocycles. The Morgan fingerprint density at radius 3 is 2.81 bits per heavy atom. The van der Waals surface area contributed by atoms with Gasteiger partial charge in [-0.05, 0) is 37.5 Å². The van der Waals surface area contributed by atoms with E-state index in [1.54, 1.807) is 6.07 Å². The number of aliphatic imine (C=N–C) groups is 1. The minimum Gasteiger partial charge on any atom is -0.357 e. The van der Waals surface area contributed by atoms with E-state index in [2.05, 4.69) is 20.9 Å². The minimum absolute atomic E-state index is 0.0201. The maximum Gasteiger partial charge on any atom is 0.222 e. The topological polar surface area (TPSA) is 99.7 Å². The number of nitrogens with zero attached hydrogens (tertiary/aromatic N) is 1. The SMILES string of the molecule is CCNC(=NCCC(=O)NC1CCS(=O)(=O)C1)NCCc1cccc(F)c1. The molecule has 1 fully saturated rings. The van der Waals surface area contributed by atoms with Crippen LogP contribution in [0.4, 0.5) is 4.39 Å². The highest BCUT2D eigenvalue weighted by molar-refractivity contribution is 7.91. The summed E-state index contributed by atoms with van der Waals surface area (Å²) in [4.78, 5) is 16.3. The first-order valence-corrected chi connectivity index (χ1v) is 11.0. The molecule has 0 aromatic heterocycles. The average molecular weight is 399 g/mol. The van der Waals surface area contributed by atoms with Crippen LogP contribution in [-0.2, 0) is 21.1 Å². The Balaban J connectivity index is 1.73. The van der Waals surface area contributed by atoms with Crippen LogP contribution in [0.15, 0.2) is 29.3 Å². The molecule has 7 nitrogen and oxygen atoms in total. The van der Waals surface area contributed by atoms with Gasteiger partial charge in [-0.15, -0.1) is 0 Å². The van der Waals surface area contributed by atoms with E-state index in [0.717, 1.165) is 5.56 Å². The first-order valence-electron chi connectivity index (χ1n) is 9.14. The van der Waals surface area contributed by atoms with E-state index < -0.39 is 9.84 Å². The number of nitrogens with one attached hydrogen (secondary N) is 3. The summed E-state index contributed by atoms with van der Waals surface area (Å²) in [5.74, 6) is 0.290. The molecule has 3 N–H and O–H groups in total. The zero-order valence-corrected chi connectivity index (χ0v) is 16.3. The van der Waals surface area contributed by atoms with Crippen molar-refractivity contribution in [3.8, 4) is 0 Å². The molecular formula is C18H27FN4O3S. The van der Waals surface area contributed by atoms with Crippen LogP contribution in [-0.4, -0.2) is 57.5 Å². The van der Waals surface area contributed by atoms with Crippen molar-refractivity contribution in [3.63, 3.8) is 0 Å². The van der Waals surface area contributed by atoms with E-state index in [1.165, 1.54) is 12.1 Å². The van der Waals surface area contributed by atoms with Crippen LogP contribution in [0.3, 0.4) is 0 Å². The van der Waals surface area contributed by atoms with Crippen LogP contribution in [0, 0.1) is 5.82 Å². The van der Waals surface area contributed by atoms with Gasteiger partial charge in [0.05, 0.1) is 18.1 Å². The Morgan fingerprint density at radius 2 is 2.15 bits per heavy atom. The Labute approximate surface area is 159 Å². The third kappa shape index (κ3) is 7.94. The van der Waals surface area contributed by atoms with Crippen LogP contribution in [0.5, 0.6) is 0 Å². The van der Waals surface area contributed by atoms with Gasteiger partial charge in [0.25, 0.3) is 0 Å². The normalized spacial score (nSPS) is 18.9. The van der Waals surface area contributed by atoms with Gasteiger partial charge < -0.3 is 16.0 Å². The molecule has 150 valence electrons. The van der Waals surface area contributed by atoms with Crippen LogP contribution in [0.25, 0.3) is 0 Å². The number of carbonyl (C=O) groups is 1. The summed E-state index contributed by atoms with van der Waals surface area (Å²) in [6.45, 7) is 3.50. The molecule has 1 unspecified atom stereocenters. The highest BCUT2D eigenvalue weighted by Crippen LogP contribution is 2.11. The molecule has 0 radical (unpaired) electrons. The minimum atomic E-state index is -3.00. The summed E-state index contributed by atoms with van der Waals surface area (Å²) < 4.78 is 36.0. The first kappa shape index (κ1) is 21.1. The second-order valence-electron chi connectivity index (χ2n) is 6.48. The summed E-state index contributed by atoms with van der Waals surface area (Å²) in [7, 11) is -3.00. The molecule has 9 heteroatoms. The standard InChI is InChI=1S/C18H27FN4O3S/c1-2-20-18(21-9-6-14-4-3-5-15(19)12-14)22-10-7-17(24)23-16-8-11-27(25,26)13-16/h3-5,12,16H,2,6-11,13H2,1H3,(H,23,24)(H2,20,21,22). The molecule has 1 aromatic carbocycles. The van der Waals surface area contributed by atoms with Gasteiger partial charge >= 0.3 is 0 Å². The molecule has 1 atom stereocenters. The Kier molecular flexibility index (Phi) is 8.02. The van der Waals surface area contributed by atoms with Gasteiger partial charge in [0.2, 0.25) is 5.91 Å². The van der Waals surface area contributed by atoms with Crippen molar-refractivity contribution in [2.75, 3.05) is 31.1 Å². The van der Waals surface area contributed by atoms with E-state index in [0.29, 0.717) is 38.4 Å². The Morgan fingerprint density at radius 1 is 1.33 bits per heavy atom. The second-order valence-corrected chi connectivity index (χ2v) is 8.71. The molecule has 1 aromatic rings. The number of hydrogen-bond donors (Lipinski definition) is 3. The lowest BCUT2D eigenvalue weighted by Gasteiger charge is -2.12. The number of sulfone groups is 1. The quantitative estimate of drug-likeness (QED) is 0.440. The highest BCUT2D eigenvalue weighted by atomic mass is 32.2. The van der Waals surface area contributed by atoms with Crippen molar-refractivity contribution in [3.05, 3.63) is 35.6 Å². The van der Waals surface area contributed by atoms with Crippen molar-refractivity contribution in [2.24, 2.45) is 4.99 Å². The van der Waals surface area contributed by atoms with Gasteiger partial charge in [-0.1, -0.05) is 12.1 Å². The molecule has 1 saturated heterocycles. The number of amides is 1. The summed E-state index contributed by atoms with van der Waals surface area (Å²) in [5.41, 5.74) is 0.893. The predicted octanol–water partition coefficient (Wildman–Crippen LogP) is 0.617. The van der Waals surface area contributed by atoms with Gasteiger partial charge in [0, 0.05) is 25.6 Å². The molecule has 1 aliphatic rings. The van der Waals surface area contributed by atoms with E-state index in [1.807, 2.05) is 13.0 Å². The lowest BCUT2D eigenvalue weighted by molar-refractivity contribution is -0.121. The summed E-state index contributed by atoms with van der Waals surface area (Å²) in [6, 6.07) is 6.16. The molecule has 0 saturated carbocycles. The van der Waals surface area contributed by atoms with E-state index in [9.17, 15) is 17.6 Å². The van der Waals surface area contributed by atoms with Crippen molar-refractivity contribution < 1.29 is 17.6 Å². The van der Waals surface area contributed by atoms with Crippen LogP contribution >= 0.6 is 0 Å². The lowest BCUT2D eigenvalue weighted by Crippen LogP contribution is -2.39. The number of carbonyl (C=O) groups excluding carboxylic acids is 1. The van der Waals surface area contributed by atoms with Crippen molar-refractivity contribution in [1.82, 2.24) is 16.0 Å². The Hall–Kier alpha value is -2.16. The summed E-state index contributed by atoms with van der Waals surface area (Å²) >= 11 is 0. The van der Waals surface area contributed by atoms with Crippen molar-refractivity contribution in [2.45, 2.75) is 32.2 Å². The van der Waals surface area contributed by atoms with E-state index in [-0.39, 0.29) is 35.7 Å². The Bertz CT molecular complexity index is 768.